The molecule has 2 aliphatic carbocycles. The first kappa shape index (κ1) is 20.4. The number of benzene rings is 2. The number of carbonyl (C=O) groups is 1. The molecule has 2 aliphatic heterocycles. The van der Waals surface area contributed by atoms with Gasteiger partial charge in [0.05, 0.1) is 16.7 Å². The first-order valence-electron chi connectivity index (χ1n) is 11.5. The van der Waals surface area contributed by atoms with Gasteiger partial charge in [-0.2, -0.15) is 5.10 Å². The highest BCUT2D eigenvalue weighted by molar-refractivity contribution is 5.98. The van der Waals surface area contributed by atoms with Gasteiger partial charge >= 0.3 is 0 Å². The van der Waals surface area contributed by atoms with Crippen molar-refractivity contribution < 1.29 is 19.7 Å². The third-order valence-corrected chi connectivity index (χ3v) is 8.09. The highest BCUT2D eigenvalue weighted by Crippen LogP contribution is 2.64. The summed E-state index contributed by atoms with van der Waals surface area (Å²) < 4.78 is 6.39. The highest BCUT2D eigenvalue weighted by Gasteiger charge is 2.72. The van der Waals surface area contributed by atoms with Crippen molar-refractivity contribution in [3.05, 3.63) is 71.8 Å². The molecule has 1 amide bonds. The van der Waals surface area contributed by atoms with Gasteiger partial charge in [0.15, 0.2) is 17.6 Å². The molecular formula is C26H27N3O4. The van der Waals surface area contributed by atoms with Crippen LogP contribution in [-0.2, 0) is 11.8 Å². The van der Waals surface area contributed by atoms with Crippen LogP contribution in [0.5, 0.6) is 11.5 Å². The molecule has 33 heavy (non-hydrogen) atoms. The maximum atomic E-state index is 12.6. The Balaban J connectivity index is 1.43. The number of hydrazone groups is 1. The van der Waals surface area contributed by atoms with Crippen molar-refractivity contribution in [3.63, 3.8) is 0 Å². The monoisotopic (exact) mass is 445 g/mol. The van der Waals surface area contributed by atoms with E-state index in [2.05, 4.69) is 22.0 Å². The SMILES string of the molecule is C=CCN1CC[C@]23c4c5ccc(O)c4O[C@H]2/C(=N/NC(=O)c2ccccc2)CC[C@@]3(O)[C@H]1C5. The van der Waals surface area contributed by atoms with Gasteiger partial charge in [0.2, 0.25) is 0 Å². The summed E-state index contributed by atoms with van der Waals surface area (Å²) in [6, 6.07) is 12.5. The lowest BCUT2D eigenvalue weighted by Crippen LogP contribution is -2.76. The van der Waals surface area contributed by atoms with Crippen molar-refractivity contribution in [2.45, 2.75) is 48.8 Å². The number of piperidine rings is 1. The van der Waals surface area contributed by atoms with Gasteiger partial charge in [-0.1, -0.05) is 30.3 Å². The van der Waals surface area contributed by atoms with Crippen molar-refractivity contribution in [2.24, 2.45) is 5.10 Å². The van der Waals surface area contributed by atoms with Crippen LogP contribution in [0, 0.1) is 0 Å². The summed E-state index contributed by atoms with van der Waals surface area (Å²) >= 11 is 0. The zero-order valence-corrected chi connectivity index (χ0v) is 18.3. The second-order valence-corrected chi connectivity index (χ2v) is 9.51. The Bertz CT molecular complexity index is 1180. The normalized spacial score (nSPS) is 32.7. The fourth-order valence-corrected chi connectivity index (χ4v) is 6.71. The van der Waals surface area contributed by atoms with Crippen molar-refractivity contribution in [3.8, 4) is 11.5 Å². The molecule has 2 fully saturated rings. The van der Waals surface area contributed by atoms with Crippen LogP contribution in [0.4, 0.5) is 0 Å². The maximum absolute atomic E-state index is 12.6. The molecule has 1 saturated carbocycles. The minimum absolute atomic E-state index is 0.0706. The van der Waals surface area contributed by atoms with Crippen LogP contribution in [0.15, 0.2) is 60.2 Å². The molecule has 1 saturated heterocycles. The number of carbonyl (C=O) groups excluding carboxylic acids is 1. The Hall–Kier alpha value is -3.16. The van der Waals surface area contributed by atoms with Crippen LogP contribution in [0.3, 0.4) is 0 Å². The number of aliphatic hydroxyl groups is 1. The molecule has 2 aromatic carbocycles. The predicted octanol–water partition coefficient (Wildman–Crippen LogP) is 2.52. The summed E-state index contributed by atoms with van der Waals surface area (Å²) in [6.07, 6.45) is 3.73. The predicted molar refractivity (Wildman–Crippen MR) is 124 cm³/mol. The molecule has 2 aromatic rings. The van der Waals surface area contributed by atoms with Crippen LogP contribution in [0.2, 0.25) is 0 Å². The van der Waals surface area contributed by atoms with Crippen molar-refractivity contribution in [1.82, 2.24) is 10.3 Å². The summed E-state index contributed by atoms with van der Waals surface area (Å²) in [4.78, 5) is 14.9. The highest BCUT2D eigenvalue weighted by atomic mass is 16.5. The van der Waals surface area contributed by atoms with Crippen molar-refractivity contribution in [2.75, 3.05) is 13.1 Å². The number of likely N-dealkylation sites (tertiary alicyclic amines) is 1. The van der Waals surface area contributed by atoms with Crippen LogP contribution >= 0.6 is 0 Å². The van der Waals surface area contributed by atoms with E-state index in [-0.39, 0.29) is 17.7 Å². The van der Waals surface area contributed by atoms with Crippen LogP contribution in [-0.4, -0.2) is 57.6 Å². The number of phenols is 1. The second kappa shape index (κ2) is 7.17. The van der Waals surface area contributed by atoms with Gasteiger partial charge in [0.25, 0.3) is 5.91 Å². The Kier molecular flexibility index (Phi) is 4.44. The zero-order valence-electron chi connectivity index (χ0n) is 18.3. The van der Waals surface area contributed by atoms with Gasteiger partial charge in [0.1, 0.15) is 0 Å². The number of rotatable bonds is 4. The number of nitrogens with zero attached hydrogens (tertiary/aromatic N) is 2. The number of hydrogen-bond acceptors (Lipinski definition) is 6. The quantitative estimate of drug-likeness (QED) is 0.497. The van der Waals surface area contributed by atoms with E-state index in [9.17, 15) is 15.0 Å². The second-order valence-electron chi connectivity index (χ2n) is 9.51. The Morgan fingerprint density at radius 2 is 2.09 bits per heavy atom. The molecule has 0 radical (unpaired) electrons. The molecule has 170 valence electrons. The number of aromatic hydroxyl groups is 1. The third-order valence-electron chi connectivity index (χ3n) is 8.09. The zero-order chi connectivity index (χ0) is 22.8. The van der Waals surface area contributed by atoms with Crippen molar-refractivity contribution >= 4 is 11.6 Å². The molecule has 7 heteroatoms. The van der Waals surface area contributed by atoms with Crippen LogP contribution < -0.4 is 10.2 Å². The number of ether oxygens (including phenoxy) is 1. The van der Waals surface area contributed by atoms with E-state index in [0.29, 0.717) is 49.3 Å². The van der Waals surface area contributed by atoms with Gasteiger partial charge in [-0.05, 0) is 49.4 Å². The fourth-order valence-electron chi connectivity index (χ4n) is 6.71. The average Bonchev–Trinajstić information content (AvgIpc) is 3.18. The Morgan fingerprint density at radius 3 is 2.88 bits per heavy atom. The first-order chi connectivity index (χ1) is 16.0. The summed E-state index contributed by atoms with van der Waals surface area (Å²) in [7, 11) is 0. The topological polar surface area (TPSA) is 94.4 Å². The summed E-state index contributed by atoms with van der Waals surface area (Å²) in [5.74, 6) is 0.248. The van der Waals surface area contributed by atoms with E-state index in [4.69, 9.17) is 4.74 Å². The number of phenolic OH excluding ortho intramolecular Hbond substituents is 1. The largest absolute Gasteiger partial charge is 0.504 e. The molecule has 4 atom stereocenters. The third kappa shape index (κ3) is 2.63. The van der Waals surface area contributed by atoms with Crippen molar-refractivity contribution in [1.29, 1.82) is 0 Å². The van der Waals surface area contributed by atoms with Crippen LogP contribution in [0.25, 0.3) is 0 Å². The first-order valence-corrected chi connectivity index (χ1v) is 11.5. The molecule has 7 nitrogen and oxygen atoms in total. The molecular weight excluding hydrogens is 418 g/mol. The lowest BCUT2D eigenvalue weighted by atomic mass is 9.49. The average molecular weight is 446 g/mol. The summed E-state index contributed by atoms with van der Waals surface area (Å²) in [5, 5.41) is 27.4. The molecule has 3 N–H and O–H groups in total. The smallest absolute Gasteiger partial charge is 0.271 e. The molecule has 1 spiro atoms. The van der Waals surface area contributed by atoms with E-state index >= 15 is 0 Å². The molecule has 2 bridgehead atoms. The Labute approximate surface area is 192 Å². The molecule has 6 rings (SSSR count). The standard InChI is InChI=1S/C26H27N3O4/c1-2-13-29-14-12-25-21-17-8-9-19(30)22(21)33-23(25)18(10-11-26(25,32)20(29)15-17)27-28-24(31)16-6-4-3-5-7-16/h2-9,20,23,30,32H,1,10-15H2,(H,28,31)/b27-18+/t20-,23+,25+,26-/m1/s1. The lowest BCUT2D eigenvalue weighted by Gasteiger charge is -2.62. The van der Waals surface area contributed by atoms with E-state index in [1.54, 1.807) is 18.2 Å². The van der Waals surface area contributed by atoms with Gasteiger partial charge in [-0.25, -0.2) is 5.43 Å². The van der Waals surface area contributed by atoms with Gasteiger partial charge < -0.3 is 14.9 Å². The lowest BCUT2D eigenvalue weighted by molar-refractivity contribution is -0.163. The summed E-state index contributed by atoms with van der Waals surface area (Å²) in [6.45, 7) is 5.40. The minimum Gasteiger partial charge on any atom is -0.504 e. The van der Waals surface area contributed by atoms with Gasteiger partial charge in [0, 0.05) is 30.3 Å². The minimum atomic E-state index is -1.02. The van der Waals surface area contributed by atoms with E-state index in [1.807, 2.05) is 30.3 Å². The molecule has 2 heterocycles. The van der Waals surface area contributed by atoms with E-state index in [0.717, 1.165) is 17.7 Å². The van der Waals surface area contributed by atoms with E-state index in [1.165, 1.54) is 0 Å². The number of hydrogen-bond donors (Lipinski definition) is 3. The van der Waals surface area contributed by atoms with Gasteiger partial charge in [-0.15, -0.1) is 6.58 Å². The van der Waals surface area contributed by atoms with Gasteiger partial charge in [-0.3, -0.25) is 9.69 Å². The Morgan fingerprint density at radius 1 is 1.27 bits per heavy atom. The molecule has 4 aliphatic rings. The summed E-state index contributed by atoms with van der Waals surface area (Å²) in [5.41, 5.74) is 4.21. The fraction of sp³-hybridized carbons (Fsp3) is 0.385. The number of amides is 1. The van der Waals surface area contributed by atoms with E-state index < -0.39 is 17.1 Å². The van der Waals surface area contributed by atoms with Crippen LogP contribution in [0.1, 0.15) is 40.7 Å². The molecule has 0 aromatic heterocycles. The number of nitrogens with one attached hydrogen (secondary N) is 1. The molecule has 0 unspecified atom stereocenters. The maximum Gasteiger partial charge on any atom is 0.271 e.